The summed E-state index contributed by atoms with van der Waals surface area (Å²) in [5.74, 6) is -0.121. The number of carbonyl (C=O) groups is 1. The minimum Gasteiger partial charge on any atom is -0.391 e. The number of hydrogen-bond donors (Lipinski definition) is 2. The first-order valence-corrected chi connectivity index (χ1v) is 6.50. The van der Waals surface area contributed by atoms with Gasteiger partial charge in [0.2, 0.25) is 0 Å². The van der Waals surface area contributed by atoms with Gasteiger partial charge in [0.1, 0.15) is 0 Å². The number of nitrogens with zero attached hydrogens (tertiary/aromatic N) is 2. The van der Waals surface area contributed by atoms with E-state index in [-0.39, 0.29) is 11.9 Å². The molecule has 0 radical (unpaired) electrons. The Hall–Kier alpha value is -1.36. The van der Waals surface area contributed by atoms with Crippen LogP contribution in [0.15, 0.2) is 0 Å². The highest BCUT2D eigenvalue weighted by atomic mass is 16.3. The number of carbonyl (C=O) groups excluding carboxylic acids is 1. The van der Waals surface area contributed by atoms with Crippen molar-refractivity contribution in [2.24, 2.45) is 7.05 Å². The second-order valence-corrected chi connectivity index (χ2v) is 5.10. The quantitative estimate of drug-likeness (QED) is 0.826. The van der Waals surface area contributed by atoms with Crippen LogP contribution in [0.5, 0.6) is 0 Å². The lowest BCUT2D eigenvalue weighted by Crippen LogP contribution is -2.45. The van der Waals surface area contributed by atoms with Crippen LogP contribution >= 0.6 is 0 Å². The van der Waals surface area contributed by atoms with Crippen LogP contribution in [0.4, 0.5) is 0 Å². The van der Waals surface area contributed by atoms with Crippen LogP contribution in [-0.2, 0) is 7.05 Å². The third-order valence-electron chi connectivity index (χ3n) is 3.78. The number of aromatic nitrogens is 2. The zero-order valence-corrected chi connectivity index (χ0v) is 11.2. The third kappa shape index (κ3) is 2.41. The van der Waals surface area contributed by atoms with Gasteiger partial charge in [0, 0.05) is 12.7 Å². The summed E-state index contributed by atoms with van der Waals surface area (Å²) >= 11 is 0. The smallest absolute Gasteiger partial charge is 0.255 e. The zero-order chi connectivity index (χ0) is 13.3. The van der Waals surface area contributed by atoms with Crippen LogP contribution in [0.25, 0.3) is 0 Å². The third-order valence-corrected chi connectivity index (χ3v) is 3.78. The highest BCUT2D eigenvalue weighted by Crippen LogP contribution is 2.19. The first-order valence-electron chi connectivity index (χ1n) is 6.50. The van der Waals surface area contributed by atoms with Gasteiger partial charge in [0.05, 0.1) is 23.4 Å². The minimum absolute atomic E-state index is 0.120. The fraction of sp³-hybridized carbons (Fsp3) is 0.692. The topological polar surface area (TPSA) is 67.2 Å². The molecule has 2 rings (SSSR count). The Morgan fingerprint density at radius 2 is 2.06 bits per heavy atom. The molecule has 1 heterocycles. The summed E-state index contributed by atoms with van der Waals surface area (Å²) in [4.78, 5) is 12.2. The van der Waals surface area contributed by atoms with Crippen molar-refractivity contribution in [3.8, 4) is 0 Å². The molecule has 18 heavy (non-hydrogen) atoms. The van der Waals surface area contributed by atoms with Crippen LogP contribution in [0, 0.1) is 13.8 Å². The lowest BCUT2D eigenvalue weighted by atomic mass is 9.92. The maximum Gasteiger partial charge on any atom is 0.255 e. The fourth-order valence-electron chi connectivity index (χ4n) is 2.62. The summed E-state index contributed by atoms with van der Waals surface area (Å²) < 4.78 is 1.71. The van der Waals surface area contributed by atoms with E-state index in [2.05, 4.69) is 10.4 Å². The molecule has 0 aromatic carbocycles. The molecule has 1 amide bonds. The van der Waals surface area contributed by atoms with Gasteiger partial charge in [-0.05, 0) is 26.7 Å². The summed E-state index contributed by atoms with van der Waals surface area (Å²) in [5, 5.41) is 17.0. The van der Waals surface area contributed by atoms with E-state index in [4.69, 9.17) is 0 Å². The molecule has 0 bridgehead atoms. The number of aryl methyl sites for hydroxylation is 2. The molecule has 0 saturated heterocycles. The van der Waals surface area contributed by atoms with Gasteiger partial charge in [-0.1, -0.05) is 12.8 Å². The van der Waals surface area contributed by atoms with Crippen LogP contribution < -0.4 is 5.32 Å². The first kappa shape index (κ1) is 13.1. The molecule has 1 aliphatic rings. The van der Waals surface area contributed by atoms with E-state index in [0.29, 0.717) is 5.56 Å². The normalized spacial score (nSPS) is 24.0. The molecule has 0 aliphatic heterocycles. The summed E-state index contributed by atoms with van der Waals surface area (Å²) in [6.07, 6.45) is 3.31. The molecule has 1 aromatic rings. The van der Waals surface area contributed by atoms with Crippen molar-refractivity contribution in [3.63, 3.8) is 0 Å². The molecule has 2 atom stereocenters. The fourth-order valence-corrected chi connectivity index (χ4v) is 2.62. The Bertz CT molecular complexity index is 453. The summed E-state index contributed by atoms with van der Waals surface area (Å²) in [6.45, 7) is 3.71. The van der Waals surface area contributed by atoms with E-state index in [1.54, 1.807) is 4.68 Å². The number of amides is 1. The highest BCUT2D eigenvalue weighted by molar-refractivity contribution is 5.96. The van der Waals surface area contributed by atoms with Crippen molar-refractivity contribution in [1.29, 1.82) is 0 Å². The Balaban J connectivity index is 2.12. The van der Waals surface area contributed by atoms with Crippen LogP contribution in [-0.4, -0.2) is 32.9 Å². The number of aliphatic hydroxyl groups is 1. The lowest BCUT2D eigenvalue weighted by molar-refractivity contribution is 0.0716. The average molecular weight is 251 g/mol. The van der Waals surface area contributed by atoms with Gasteiger partial charge in [0.15, 0.2) is 0 Å². The molecule has 5 heteroatoms. The number of rotatable bonds is 2. The molecule has 2 N–H and O–H groups in total. The van der Waals surface area contributed by atoms with E-state index < -0.39 is 6.10 Å². The summed E-state index contributed by atoms with van der Waals surface area (Å²) in [6, 6.07) is -0.120. The largest absolute Gasteiger partial charge is 0.391 e. The van der Waals surface area contributed by atoms with Crippen molar-refractivity contribution >= 4 is 5.91 Å². The predicted molar refractivity (Wildman–Crippen MR) is 68.4 cm³/mol. The lowest BCUT2D eigenvalue weighted by Gasteiger charge is -2.28. The van der Waals surface area contributed by atoms with E-state index in [1.807, 2.05) is 20.9 Å². The second kappa shape index (κ2) is 5.10. The van der Waals surface area contributed by atoms with Crippen LogP contribution in [0.1, 0.15) is 47.4 Å². The minimum atomic E-state index is -0.417. The van der Waals surface area contributed by atoms with Crippen LogP contribution in [0.3, 0.4) is 0 Å². The van der Waals surface area contributed by atoms with E-state index in [0.717, 1.165) is 37.1 Å². The van der Waals surface area contributed by atoms with E-state index in [9.17, 15) is 9.90 Å². The first-order chi connectivity index (χ1) is 8.50. The maximum absolute atomic E-state index is 12.2. The summed E-state index contributed by atoms with van der Waals surface area (Å²) in [5.41, 5.74) is 2.23. The molecule has 100 valence electrons. The number of aliphatic hydroxyl groups excluding tert-OH is 1. The average Bonchev–Trinajstić information content (AvgIpc) is 2.56. The second-order valence-electron chi connectivity index (χ2n) is 5.10. The maximum atomic E-state index is 12.2. The van der Waals surface area contributed by atoms with Crippen molar-refractivity contribution in [1.82, 2.24) is 15.1 Å². The Morgan fingerprint density at radius 1 is 1.39 bits per heavy atom. The molecule has 1 aliphatic carbocycles. The van der Waals surface area contributed by atoms with E-state index >= 15 is 0 Å². The number of nitrogens with one attached hydrogen (secondary N) is 1. The van der Waals surface area contributed by atoms with E-state index in [1.165, 1.54) is 0 Å². The van der Waals surface area contributed by atoms with Gasteiger partial charge in [-0.25, -0.2) is 0 Å². The van der Waals surface area contributed by atoms with Crippen molar-refractivity contribution in [3.05, 3.63) is 17.0 Å². The molecular weight excluding hydrogens is 230 g/mol. The molecule has 0 spiro atoms. The van der Waals surface area contributed by atoms with Gasteiger partial charge in [-0.2, -0.15) is 5.10 Å². The monoisotopic (exact) mass is 251 g/mol. The molecule has 1 saturated carbocycles. The Morgan fingerprint density at radius 3 is 2.61 bits per heavy atom. The van der Waals surface area contributed by atoms with Crippen molar-refractivity contribution in [2.75, 3.05) is 0 Å². The summed E-state index contributed by atoms with van der Waals surface area (Å²) in [7, 11) is 1.83. The SMILES string of the molecule is Cc1nn(C)c(C)c1C(=O)N[C@@H]1CCCC[C@H]1O. The van der Waals surface area contributed by atoms with Gasteiger partial charge in [-0.15, -0.1) is 0 Å². The van der Waals surface area contributed by atoms with Gasteiger partial charge in [0.25, 0.3) is 5.91 Å². The molecular formula is C13H21N3O2. The number of hydrogen-bond acceptors (Lipinski definition) is 3. The van der Waals surface area contributed by atoms with Crippen molar-refractivity contribution < 1.29 is 9.90 Å². The highest BCUT2D eigenvalue weighted by Gasteiger charge is 2.26. The molecule has 1 fully saturated rings. The molecule has 0 unspecified atom stereocenters. The Kier molecular flexibility index (Phi) is 3.71. The Labute approximate surface area is 107 Å². The standard InChI is InChI=1S/C13H21N3O2/c1-8-12(9(2)16(3)15-8)13(18)14-10-6-4-5-7-11(10)17/h10-11,17H,4-7H2,1-3H3,(H,14,18)/t10-,11-/m1/s1. The zero-order valence-electron chi connectivity index (χ0n) is 11.2. The van der Waals surface area contributed by atoms with Gasteiger partial charge in [-0.3, -0.25) is 9.48 Å². The van der Waals surface area contributed by atoms with Crippen LogP contribution in [0.2, 0.25) is 0 Å². The predicted octanol–water partition coefficient (Wildman–Crippen LogP) is 1.07. The van der Waals surface area contributed by atoms with Gasteiger partial charge < -0.3 is 10.4 Å². The molecule has 5 nitrogen and oxygen atoms in total. The molecule has 1 aromatic heterocycles. The van der Waals surface area contributed by atoms with Crippen molar-refractivity contribution in [2.45, 2.75) is 51.7 Å². The van der Waals surface area contributed by atoms with Gasteiger partial charge >= 0.3 is 0 Å².